The number of Topliss-reactive ketones (excluding diaryl/α,β-unsaturated/α-hetero) is 1. The SMILES string of the molecule is CC(=O)C(Cc1ccccc1)NS(=O)[O-]. The maximum atomic E-state index is 11.1. The van der Waals surface area contributed by atoms with Crippen LogP contribution < -0.4 is 4.72 Å². The van der Waals surface area contributed by atoms with E-state index >= 15 is 0 Å². The van der Waals surface area contributed by atoms with Gasteiger partial charge in [0, 0.05) is 11.3 Å². The third-order valence-electron chi connectivity index (χ3n) is 2.01. The van der Waals surface area contributed by atoms with Gasteiger partial charge in [-0.3, -0.25) is 9.00 Å². The van der Waals surface area contributed by atoms with Gasteiger partial charge in [-0.1, -0.05) is 30.3 Å². The lowest BCUT2D eigenvalue weighted by Crippen LogP contribution is -2.38. The van der Waals surface area contributed by atoms with E-state index in [4.69, 9.17) is 0 Å². The molecular formula is C10H12NO3S-. The Balaban J connectivity index is 2.67. The van der Waals surface area contributed by atoms with E-state index in [1.165, 1.54) is 6.92 Å². The van der Waals surface area contributed by atoms with Gasteiger partial charge in [0.05, 0.1) is 6.04 Å². The fourth-order valence-corrected chi connectivity index (χ4v) is 1.72. The van der Waals surface area contributed by atoms with E-state index in [1.54, 1.807) is 0 Å². The summed E-state index contributed by atoms with van der Waals surface area (Å²) >= 11 is -2.41. The summed E-state index contributed by atoms with van der Waals surface area (Å²) in [5.41, 5.74) is 0.927. The van der Waals surface area contributed by atoms with Crippen LogP contribution in [0.5, 0.6) is 0 Å². The van der Waals surface area contributed by atoms with Crippen molar-refractivity contribution >= 4 is 17.0 Å². The van der Waals surface area contributed by atoms with Gasteiger partial charge in [0.1, 0.15) is 5.78 Å². The number of benzene rings is 1. The minimum absolute atomic E-state index is 0.192. The van der Waals surface area contributed by atoms with Gasteiger partial charge in [0.15, 0.2) is 0 Å². The Morgan fingerprint density at radius 1 is 1.47 bits per heavy atom. The number of hydrogen-bond acceptors (Lipinski definition) is 3. The van der Waals surface area contributed by atoms with Gasteiger partial charge < -0.3 is 4.55 Å². The molecule has 0 saturated carbocycles. The molecule has 0 radical (unpaired) electrons. The molecule has 0 amide bonds. The number of carbonyl (C=O) groups is 1. The molecule has 82 valence electrons. The van der Waals surface area contributed by atoms with Crippen LogP contribution in [-0.4, -0.2) is 20.6 Å². The minimum Gasteiger partial charge on any atom is -0.760 e. The summed E-state index contributed by atoms with van der Waals surface area (Å²) in [7, 11) is 0. The molecule has 1 rings (SSSR count). The fraction of sp³-hybridized carbons (Fsp3) is 0.300. The molecule has 2 unspecified atom stereocenters. The predicted molar refractivity (Wildman–Crippen MR) is 56.7 cm³/mol. The van der Waals surface area contributed by atoms with Crippen molar-refractivity contribution in [3.63, 3.8) is 0 Å². The second-order valence-corrected chi connectivity index (χ2v) is 3.91. The molecule has 0 bridgehead atoms. The average molecular weight is 226 g/mol. The van der Waals surface area contributed by atoms with E-state index in [0.29, 0.717) is 6.42 Å². The molecule has 0 aliphatic rings. The number of nitrogens with one attached hydrogen (secondary N) is 1. The molecule has 0 fully saturated rings. The van der Waals surface area contributed by atoms with E-state index in [2.05, 4.69) is 4.72 Å². The van der Waals surface area contributed by atoms with Gasteiger partial charge in [-0.2, -0.15) is 0 Å². The zero-order valence-electron chi connectivity index (χ0n) is 8.30. The van der Waals surface area contributed by atoms with E-state index in [0.717, 1.165) is 5.56 Å². The van der Waals surface area contributed by atoms with Crippen LogP contribution in [0.2, 0.25) is 0 Å². The highest BCUT2D eigenvalue weighted by atomic mass is 32.2. The summed E-state index contributed by atoms with van der Waals surface area (Å²) in [5.74, 6) is -0.192. The van der Waals surface area contributed by atoms with Gasteiger partial charge in [-0.15, -0.1) is 0 Å². The Hall–Kier alpha value is -1.04. The lowest BCUT2D eigenvalue weighted by molar-refractivity contribution is -0.118. The molecule has 1 N–H and O–H groups in total. The van der Waals surface area contributed by atoms with E-state index in [9.17, 15) is 13.6 Å². The summed E-state index contributed by atoms with van der Waals surface area (Å²) < 4.78 is 23.1. The van der Waals surface area contributed by atoms with E-state index < -0.39 is 17.3 Å². The Morgan fingerprint density at radius 3 is 2.53 bits per heavy atom. The Labute approximate surface area is 91.1 Å². The lowest BCUT2D eigenvalue weighted by Gasteiger charge is -2.17. The maximum Gasteiger partial charge on any atom is 0.147 e. The molecular weight excluding hydrogens is 214 g/mol. The highest BCUT2D eigenvalue weighted by molar-refractivity contribution is 7.77. The standard InChI is InChI=1S/C10H13NO3S/c1-8(12)10(11-15(13)14)7-9-5-3-2-4-6-9/h2-6,10-11H,7H2,1H3,(H,13,14)/p-1. The van der Waals surface area contributed by atoms with Crippen LogP contribution in [0.25, 0.3) is 0 Å². The van der Waals surface area contributed by atoms with Crippen molar-refractivity contribution in [3.05, 3.63) is 35.9 Å². The molecule has 0 aliphatic carbocycles. The lowest BCUT2D eigenvalue weighted by atomic mass is 10.0. The summed E-state index contributed by atoms with van der Waals surface area (Å²) in [4.78, 5) is 11.1. The van der Waals surface area contributed by atoms with E-state index in [1.807, 2.05) is 30.3 Å². The summed E-state index contributed by atoms with van der Waals surface area (Å²) in [6, 6.07) is 8.59. The second kappa shape index (κ2) is 5.75. The first-order valence-electron chi connectivity index (χ1n) is 4.49. The van der Waals surface area contributed by atoms with Crippen LogP contribution in [0.15, 0.2) is 30.3 Å². The Bertz CT molecular complexity index is 353. The number of ketones is 1. The molecule has 0 aromatic heterocycles. The smallest absolute Gasteiger partial charge is 0.147 e. The fourth-order valence-electron chi connectivity index (χ4n) is 1.23. The predicted octanol–water partition coefficient (Wildman–Crippen LogP) is 0.570. The highest BCUT2D eigenvalue weighted by Crippen LogP contribution is 2.04. The zero-order chi connectivity index (χ0) is 11.3. The van der Waals surface area contributed by atoms with Gasteiger partial charge in [-0.25, -0.2) is 4.72 Å². The minimum atomic E-state index is -2.41. The monoisotopic (exact) mass is 226 g/mol. The van der Waals surface area contributed by atoms with Crippen LogP contribution in [0.4, 0.5) is 0 Å². The van der Waals surface area contributed by atoms with Gasteiger partial charge in [-0.05, 0) is 18.9 Å². The van der Waals surface area contributed by atoms with Gasteiger partial charge in [0.25, 0.3) is 0 Å². The van der Waals surface area contributed by atoms with Crippen LogP contribution in [0.3, 0.4) is 0 Å². The third kappa shape index (κ3) is 4.33. The summed E-state index contributed by atoms with van der Waals surface area (Å²) in [6.45, 7) is 1.37. The van der Waals surface area contributed by atoms with E-state index in [-0.39, 0.29) is 5.78 Å². The number of carbonyl (C=O) groups excluding carboxylic acids is 1. The molecule has 1 aromatic rings. The Morgan fingerprint density at radius 2 is 2.07 bits per heavy atom. The maximum absolute atomic E-state index is 11.1. The third-order valence-corrected chi connectivity index (χ3v) is 2.49. The zero-order valence-corrected chi connectivity index (χ0v) is 9.12. The van der Waals surface area contributed by atoms with Crippen molar-refractivity contribution in [2.24, 2.45) is 0 Å². The second-order valence-electron chi connectivity index (χ2n) is 3.21. The molecule has 1 aromatic carbocycles. The van der Waals surface area contributed by atoms with Crippen LogP contribution in [-0.2, 0) is 22.5 Å². The topological polar surface area (TPSA) is 69.2 Å². The molecule has 0 aliphatic heterocycles. The molecule has 0 heterocycles. The molecule has 0 saturated heterocycles. The summed E-state index contributed by atoms with van der Waals surface area (Å²) in [5, 5.41) is 0. The van der Waals surface area contributed by atoms with Crippen molar-refractivity contribution in [1.82, 2.24) is 4.72 Å². The number of rotatable bonds is 5. The van der Waals surface area contributed by atoms with Crippen LogP contribution >= 0.6 is 0 Å². The molecule has 5 heteroatoms. The first kappa shape index (κ1) is 12.0. The van der Waals surface area contributed by atoms with Crippen molar-refractivity contribution < 1.29 is 13.6 Å². The quantitative estimate of drug-likeness (QED) is 0.746. The van der Waals surface area contributed by atoms with Crippen LogP contribution in [0.1, 0.15) is 12.5 Å². The summed E-state index contributed by atoms with van der Waals surface area (Å²) in [6.07, 6.45) is 0.379. The van der Waals surface area contributed by atoms with Crippen molar-refractivity contribution in [2.45, 2.75) is 19.4 Å². The van der Waals surface area contributed by atoms with Crippen LogP contribution in [0, 0.1) is 0 Å². The largest absolute Gasteiger partial charge is 0.760 e. The normalized spacial score (nSPS) is 14.5. The van der Waals surface area contributed by atoms with Gasteiger partial charge in [0.2, 0.25) is 0 Å². The highest BCUT2D eigenvalue weighted by Gasteiger charge is 2.13. The molecule has 0 spiro atoms. The average Bonchev–Trinajstić information content (AvgIpc) is 2.17. The number of hydrogen-bond donors (Lipinski definition) is 1. The first-order chi connectivity index (χ1) is 7.09. The molecule has 4 nitrogen and oxygen atoms in total. The van der Waals surface area contributed by atoms with Crippen molar-refractivity contribution in [3.8, 4) is 0 Å². The molecule has 2 atom stereocenters. The Kier molecular flexibility index (Phi) is 4.61. The molecule has 15 heavy (non-hydrogen) atoms. The van der Waals surface area contributed by atoms with Gasteiger partial charge >= 0.3 is 0 Å². The first-order valence-corrected chi connectivity index (χ1v) is 5.57. The van der Waals surface area contributed by atoms with Crippen molar-refractivity contribution in [2.75, 3.05) is 0 Å². The van der Waals surface area contributed by atoms with Crippen molar-refractivity contribution in [1.29, 1.82) is 0 Å².